The molecule has 0 unspecified atom stereocenters. The minimum Gasteiger partial charge on any atom is -0.340 e. The number of aromatic nitrogens is 1. The van der Waals surface area contributed by atoms with E-state index in [1.165, 1.54) is 6.07 Å². The fraction of sp³-hybridized carbons (Fsp3) is 0.571. The van der Waals surface area contributed by atoms with Crippen molar-refractivity contribution in [2.75, 3.05) is 46.3 Å². The van der Waals surface area contributed by atoms with Gasteiger partial charge in [0.25, 0.3) is 5.91 Å². The number of rotatable bonds is 2. The van der Waals surface area contributed by atoms with E-state index in [1.807, 2.05) is 11.9 Å². The molecule has 6 nitrogen and oxygen atoms in total. The lowest BCUT2D eigenvalue weighted by molar-refractivity contribution is -0.141. The van der Waals surface area contributed by atoms with Crippen LogP contribution in [0.25, 0.3) is 10.2 Å². The first-order chi connectivity index (χ1) is 14.6. The molecule has 168 valence electrons. The summed E-state index contributed by atoms with van der Waals surface area (Å²) in [5.41, 5.74) is -0.301. The fourth-order valence-electron chi connectivity index (χ4n) is 4.22. The SMILES string of the molecule is Cc1c(C(=O)N2CCC(C(=O)N3CCN(C)CC3)CC2)sc2nc(C(F)(F)F)ccc12. The summed E-state index contributed by atoms with van der Waals surface area (Å²) in [5.74, 6) is -0.103. The monoisotopic (exact) mass is 454 g/mol. The largest absolute Gasteiger partial charge is 0.433 e. The Morgan fingerprint density at radius 3 is 2.29 bits per heavy atom. The van der Waals surface area contributed by atoms with Gasteiger partial charge in [-0.1, -0.05) is 0 Å². The molecule has 0 aromatic carbocycles. The van der Waals surface area contributed by atoms with Crippen LogP contribution in [0.3, 0.4) is 0 Å². The van der Waals surface area contributed by atoms with E-state index in [0.29, 0.717) is 41.8 Å². The molecule has 4 rings (SSSR count). The van der Waals surface area contributed by atoms with E-state index in [2.05, 4.69) is 9.88 Å². The molecule has 2 fully saturated rings. The Morgan fingerprint density at radius 1 is 1.03 bits per heavy atom. The highest BCUT2D eigenvalue weighted by atomic mass is 32.1. The van der Waals surface area contributed by atoms with E-state index in [9.17, 15) is 22.8 Å². The number of alkyl halides is 3. The summed E-state index contributed by atoms with van der Waals surface area (Å²) in [5, 5.41) is 0.571. The van der Waals surface area contributed by atoms with Gasteiger partial charge in [0, 0.05) is 50.6 Å². The lowest BCUT2D eigenvalue weighted by Gasteiger charge is -2.37. The average Bonchev–Trinajstić information content (AvgIpc) is 3.09. The Labute approximate surface area is 182 Å². The van der Waals surface area contributed by atoms with E-state index in [1.54, 1.807) is 11.8 Å². The second kappa shape index (κ2) is 8.38. The highest BCUT2D eigenvalue weighted by molar-refractivity contribution is 7.20. The second-order valence-corrected chi connectivity index (χ2v) is 9.30. The Balaban J connectivity index is 1.43. The van der Waals surface area contributed by atoms with Gasteiger partial charge in [-0.05, 0) is 44.5 Å². The van der Waals surface area contributed by atoms with Crippen molar-refractivity contribution in [3.05, 3.63) is 28.3 Å². The van der Waals surface area contributed by atoms with Crippen LogP contribution in [-0.2, 0) is 11.0 Å². The summed E-state index contributed by atoms with van der Waals surface area (Å²) in [7, 11) is 2.04. The van der Waals surface area contributed by atoms with Gasteiger partial charge in [-0.2, -0.15) is 13.2 Å². The average molecular weight is 455 g/mol. The number of carbonyl (C=O) groups is 2. The first kappa shape index (κ1) is 22.0. The number of halogens is 3. The predicted molar refractivity (Wildman–Crippen MR) is 112 cm³/mol. The number of nitrogens with zero attached hydrogens (tertiary/aromatic N) is 4. The van der Waals surface area contributed by atoms with Crippen LogP contribution in [0.15, 0.2) is 12.1 Å². The highest BCUT2D eigenvalue weighted by Crippen LogP contribution is 2.35. The topological polar surface area (TPSA) is 56.8 Å². The van der Waals surface area contributed by atoms with Crippen LogP contribution < -0.4 is 0 Å². The molecule has 2 aromatic rings. The van der Waals surface area contributed by atoms with Crippen LogP contribution in [0.4, 0.5) is 13.2 Å². The van der Waals surface area contributed by atoms with Gasteiger partial charge in [0.1, 0.15) is 10.5 Å². The van der Waals surface area contributed by atoms with Gasteiger partial charge in [-0.3, -0.25) is 9.59 Å². The van der Waals surface area contributed by atoms with Crippen LogP contribution in [0.2, 0.25) is 0 Å². The zero-order valence-corrected chi connectivity index (χ0v) is 18.4. The summed E-state index contributed by atoms with van der Waals surface area (Å²) < 4.78 is 38.9. The number of pyridine rings is 1. The molecule has 10 heteroatoms. The lowest BCUT2D eigenvalue weighted by Crippen LogP contribution is -2.51. The molecule has 2 aliphatic rings. The van der Waals surface area contributed by atoms with Crippen molar-refractivity contribution < 1.29 is 22.8 Å². The molecular formula is C21H25F3N4O2S. The summed E-state index contributed by atoms with van der Waals surface area (Å²) in [4.78, 5) is 36.0. The molecule has 2 aliphatic heterocycles. The number of fused-ring (bicyclic) bond motifs is 1. The van der Waals surface area contributed by atoms with Gasteiger partial charge in [0.2, 0.25) is 5.91 Å². The number of aryl methyl sites for hydroxylation is 1. The zero-order chi connectivity index (χ0) is 22.3. The summed E-state index contributed by atoms with van der Waals surface area (Å²) in [6.45, 7) is 5.90. The molecule has 0 spiro atoms. The van der Waals surface area contributed by atoms with Crippen LogP contribution in [-0.4, -0.2) is 77.8 Å². The van der Waals surface area contributed by atoms with E-state index >= 15 is 0 Å². The standard InChI is InChI=1S/C21H25F3N4O2S/c1-13-15-3-4-16(21(22,23)24)25-18(15)31-17(13)20(30)27-7-5-14(6-8-27)19(29)28-11-9-26(2)10-12-28/h3-4,14H,5-12H2,1-2H3. The fourth-order valence-corrected chi connectivity index (χ4v) is 5.37. The van der Waals surface area contributed by atoms with Crippen LogP contribution in [0.1, 0.15) is 33.8 Å². The third kappa shape index (κ3) is 4.41. The Morgan fingerprint density at radius 2 is 1.68 bits per heavy atom. The minimum absolute atomic E-state index is 0.0769. The minimum atomic E-state index is -4.52. The zero-order valence-electron chi connectivity index (χ0n) is 17.5. The van der Waals surface area contributed by atoms with Crippen molar-refractivity contribution in [2.24, 2.45) is 5.92 Å². The lowest BCUT2D eigenvalue weighted by atomic mass is 9.94. The maximum Gasteiger partial charge on any atom is 0.433 e. The van der Waals surface area contributed by atoms with Crippen molar-refractivity contribution in [2.45, 2.75) is 25.9 Å². The molecule has 2 amide bonds. The molecule has 0 saturated carbocycles. The van der Waals surface area contributed by atoms with Gasteiger partial charge < -0.3 is 14.7 Å². The number of piperazine rings is 1. The first-order valence-corrected chi connectivity index (χ1v) is 11.2. The number of hydrogen-bond donors (Lipinski definition) is 0. The van der Waals surface area contributed by atoms with E-state index < -0.39 is 11.9 Å². The molecule has 0 N–H and O–H groups in total. The maximum atomic E-state index is 13.1. The molecule has 0 radical (unpaired) electrons. The normalized spacial score (nSPS) is 19.3. The highest BCUT2D eigenvalue weighted by Gasteiger charge is 2.34. The molecule has 31 heavy (non-hydrogen) atoms. The molecular weight excluding hydrogens is 429 g/mol. The van der Waals surface area contributed by atoms with Gasteiger partial charge >= 0.3 is 6.18 Å². The van der Waals surface area contributed by atoms with Gasteiger partial charge in [-0.15, -0.1) is 11.3 Å². The molecule has 0 aliphatic carbocycles. The number of carbonyl (C=O) groups excluding carboxylic acids is 2. The Bertz CT molecular complexity index is 990. The van der Waals surface area contributed by atoms with E-state index in [4.69, 9.17) is 0 Å². The number of likely N-dealkylation sites (N-methyl/N-ethyl adjacent to an activating group) is 1. The van der Waals surface area contributed by atoms with E-state index in [-0.39, 0.29) is 22.6 Å². The number of piperidine rings is 1. The van der Waals surface area contributed by atoms with Crippen molar-refractivity contribution in [1.29, 1.82) is 0 Å². The van der Waals surface area contributed by atoms with Crippen LogP contribution in [0, 0.1) is 12.8 Å². The van der Waals surface area contributed by atoms with Crippen molar-refractivity contribution in [3.8, 4) is 0 Å². The summed E-state index contributed by atoms with van der Waals surface area (Å²) >= 11 is 1.00. The molecule has 0 bridgehead atoms. The Hall–Kier alpha value is -2.20. The molecule has 2 aromatic heterocycles. The van der Waals surface area contributed by atoms with Crippen molar-refractivity contribution in [1.82, 2.24) is 19.7 Å². The third-order valence-electron chi connectivity index (χ3n) is 6.23. The first-order valence-electron chi connectivity index (χ1n) is 10.4. The third-order valence-corrected chi connectivity index (χ3v) is 7.42. The quantitative estimate of drug-likeness (QED) is 0.699. The summed E-state index contributed by atoms with van der Waals surface area (Å²) in [6, 6.07) is 2.33. The van der Waals surface area contributed by atoms with Crippen LogP contribution in [0.5, 0.6) is 0 Å². The Kier molecular flexibility index (Phi) is 5.95. The predicted octanol–water partition coefficient (Wildman–Crippen LogP) is 3.25. The maximum absolute atomic E-state index is 13.1. The van der Waals surface area contributed by atoms with Crippen LogP contribution >= 0.6 is 11.3 Å². The summed E-state index contributed by atoms with van der Waals surface area (Å²) in [6.07, 6.45) is -3.30. The smallest absolute Gasteiger partial charge is 0.340 e. The van der Waals surface area contributed by atoms with Crippen molar-refractivity contribution >= 4 is 33.4 Å². The molecule has 2 saturated heterocycles. The van der Waals surface area contributed by atoms with Gasteiger partial charge in [0.05, 0.1) is 4.88 Å². The second-order valence-electron chi connectivity index (χ2n) is 8.30. The van der Waals surface area contributed by atoms with E-state index in [0.717, 1.165) is 43.6 Å². The molecule has 0 atom stereocenters. The van der Waals surface area contributed by atoms with Gasteiger partial charge in [0.15, 0.2) is 0 Å². The number of amides is 2. The number of thiophene rings is 1. The van der Waals surface area contributed by atoms with Crippen molar-refractivity contribution in [3.63, 3.8) is 0 Å². The van der Waals surface area contributed by atoms with Gasteiger partial charge in [-0.25, -0.2) is 4.98 Å². The number of hydrogen-bond acceptors (Lipinski definition) is 5. The number of likely N-dealkylation sites (tertiary alicyclic amines) is 1. The molecule has 4 heterocycles.